The van der Waals surface area contributed by atoms with Crippen molar-refractivity contribution in [2.45, 2.75) is 40.2 Å². The minimum absolute atomic E-state index is 0.146. The Morgan fingerprint density at radius 3 is 2.64 bits per heavy atom. The predicted octanol–water partition coefficient (Wildman–Crippen LogP) is 4.31. The van der Waals surface area contributed by atoms with Crippen LogP contribution >= 0.6 is 0 Å². The first-order chi connectivity index (χ1) is 13.5. The van der Waals surface area contributed by atoms with Gasteiger partial charge in [-0.1, -0.05) is 0 Å². The summed E-state index contributed by atoms with van der Waals surface area (Å²) in [5.74, 6) is 0.539. The van der Waals surface area contributed by atoms with Gasteiger partial charge in [0, 0.05) is 28.3 Å². The SMILES string of the molecule is Cc1coc2c(C)c3oc(=O)c(CCC(=O)NCc4ccco4)c(C)c3cc12. The Labute approximate surface area is 161 Å². The van der Waals surface area contributed by atoms with E-state index in [4.69, 9.17) is 13.3 Å². The Kier molecular flexibility index (Phi) is 4.55. The van der Waals surface area contributed by atoms with Crippen molar-refractivity contribution in [3.05, 3.63) is 69.2 Å². The van der Waals surface area contributed by atoms with Crippen LogP contribution in [0.5, 0.6) is 0 Å². The monoisotopic (exact) mass is 379 g/mol. The lowest BCUT2D eigenvalue weighted by molar-refractivity contribution is -0.121. The van der Waals surface area contributed by atoms with Crippen molar-refractivity contribution in [1.82, 2.24) is 5.32 Å². The van der Waals surface area contributed by atoms with Crippen LogP contribution in [-0.2, 0) is 17.8 Å². The Morgan fingerprint density at radius 2 is 1.89 bits per heavy atom. The first kappa shape index (κ1) is 18.1. The first-order valence-corrected chi connectivity index (χ1v) is 9.18. The quantitative estimate of drug-likeness (QED) is 0.522. The zero-order chi connectivity index (χ0) is 19.8. The highest BCUT2D eigenvalue weighted by molar-refractivity contribution is 5.99. The third-order valence-electron chi connectivity index (χ3n) is 5.18. The van der Waals surface area contributed by atoms with Gasteiger partial charge in [-0.3, -0.25) is 4.79 Å². The number of furan rings is 2. The molecule has 6 heteroatoms. The molecule has 1 aromatic carbocycles. The Balaban J connectivity index is 1.62. The van der Waals surface area contributed by atoms with E-state index in [-0.39, 0.29) is 12.3 Å². The van der Waals surface area contributed by atoms with Crippen molar-refractivity contribution >= 4 is 27.8 Å². The second kappa shape index (κ2) is 7.03. The molecule has 0 aliphatic carbocycles. The Hall–Kier alpha value is -3.28. The Morgan fingerprint density at radius 1 is 1.07 bits per heavy atom. The number of fused-ring (bicyclic) bond motifs is 2. The fourth-order valence-electron chi connectivity index (χ4n) is 3.53. The highest BCUT2D eigenvalue weighted by Gasteiger charge is 2.18. The molecule has 0 radical (unpaired) electrons. The van der Waals surface area contributed by atoms with Crippen molar-refractivity contribution in [3.63, 3.8) is 0 Å². The van der Waals surface area contributed by atoms with Crippen molar-refractivity contribution in [2.24, 2.45) is 0 Å². The largest absolute Gasteiger partial charge is 0.467 e. The molecule has 4 rings (SSSR count). The zero-order valence-corrected chi connectivity index (χ0v) is 16.0. The van der Waals surface area contributed by atoms with E-state index in [2.05, 4.69) is 5.32 Å². The molecule has 0 saturated heterocycles. The summed E-state index contributed by atoms with van der Waals surface area (Å²) < 4.78 is 16.4. The normalized spacial score (nSPS) is 11.4. The van der Waals surface area contributed by atoms with Crippen molar-refractivity contribution in [1.29, 1.82) is 0 Å². The van der Waals surface area contributed by atoms with Gasteiger partial charge in [-0.2, -0.15) is 0 Å². The average Bonchev–Trinajstić information content (AvgIpc) is 3.31. The van der Waals surface area contributed by atoms with Gasteiger partial charge in [0.1, 0.15) is 16.9 Å². The number of rotatable bonds is 5. The molecule has 0 unspecified atom stereocenters. The van der Waals surface area contributed by atoms with Gasteiger partial charge in [-0.25, -0.2) is 4.79 Å². The summed E-state index contributed by atoms with van der Waals surface area (Å²) in [6.45, 7) is 6.09. The van der Waals surface area contributed by atoms with Gasteiger partial charge in [0.15, 0.2) is 0 Å². The number of hydrogen-bond donors (Lipinski definition) is 1. The van der Waals surface area contributed by atoms with Crippen LogP contribution < -0.4 is 10.9 Å². The summed E-state index contributed by atoms with van der Waals surface area (Å²) in [7, 11) is 0. The second-order valence-corrected chi connectivity index (χ2v) is 7.02. The molecule has 6 nitrogen and oxygen atoms in total. The van der Waals surface area contributed by atoms with Crippen molar-refractivity contribution in [2.75, 3.05) is 0 Å². The Bertz CT molecular complexity index is 1230. The van der Waals surface area contributed by atoms with Crippen LogP contribution in [0.3, 0.4) is 0 Å². The van der Waals surface area contributed by atoms with Crippen molar-refractivity contribution in [3.8, 4) is 0 Å². The van der Waals surface area contributed by atoms with E-state index in [0.29, 0.717) is 29.9 Å². The molecule has 3 heterocycles. The molecule has 0 saturated carbocycles. The lowest BCUT2D eigenvalue weighted by Gasteiger charge is -2.10. The van der Waals surface area contributed by atoms with Gasteiger partial charge in [-0.15, -0.1) is 0 Å². The summed E-state index contributed by atoms with van der Waals surface area (Å²) in [5.41, 5.74) is 4.08. The van der Waals surface area contributed by atoms with Crippen LogP contribution in [0.2, 0.25) is 0 Å². The van der Waals surface area contributed by atoms with Crippen molar-refractivity contribution < 1.29 is 18.0 Å². The topological polar surface area (TPSA) is 85.6 Å². The van der Waals surface area contributed by atoms with Gasteiger partial charge in [0.05, 0.1) is 19.1 Å². The van der Waals surface area contributed by atoms with Gasteiger partial charge in [0.25, 0.3) is 0 Å². The van der Waals surface area contributed by atoms with E-state index >= 15 is 0 Å². The molecule has 0 aliphatic rings. The van der Waals surface area contributed by atoms with Gasteiger partial charge < -0.3 is 18.6 Å². The molecule has 3 aromatic heterocycles. The number of aryl methyl sites for hydroxylation is 3. The number of carbonyl (C=O) groups is 1. The van der Waals surface area contributed by atoms with E-state index in [0.717, 1.165) is 33.0 Å². The summed E-state index contributed by atoms with van der Waals surface area (Å²) >= 11 is 0. The summed E-state index contributed by atoms with van der Waals surface area (Å²) in [6, 6.07) is 5.56. The minimum atomic E-state index is -0.408. The molecule has 0 fully saturated rings. The van der Waals surface area contributed by atoms with Crippen LogP contribution in [0, 0.1) is 20.8 Å². The lowest BCUT2D eigenvalue weighted by Crippen LogP contribution is -2.24. The molecule has 28 heavy (non-hydrogen) atoms. The molecule has 144 valence electrons. The van der Waals surface area contributed by atoms with E-state index in [9.17, 15) is 9.59 Å². The molecule has 4 aromatic rings. The molecule has 0 aliphatic heterocycles. The van der Waals surface area contributed by atoms with Crippen LogP contribution in [0.25, 0.3) is 21.9 Å². The highest BCUT2D eigenvalue weighted by Crippen LogP contribution is 2.32. The molecule has 1 N–H and O–H groups in total. The van der Waals surface area contributed by atoms with Crippen LogP contribution in [0.4, 0.5) is 0 Å². The molecule has 0 bridgehead atoms. The number of amides is 1. The standard InChI is InChI=1S/C22H21NO5/c1-12-11-27-20-14(3)21-18(9-17(12)20)13(2)16(22(25)28-21)6-7-19(24)23-10-15-5-4-8-26-15/h4-5,8-9,11H,6-7,10H2,1-3H3,(H,23,24). The smallest absolute Gasteiger partial charge is 0.339 e. The van der Waals surface area contributed by atoms with E-state index in [1.165, 1.54) is 0 Å². The maximum atomic E-state index is 12.6. The molecule has 0 spiro atoms. The van der Waals surface area contributed by atoms with E-state index in [1.54, 1.807) is 24.7 Å². The summed E-state index contributed by atoms with van der Waals surface area (Å²) in [4.78, 5) is 24.7. The molecule has 0 atom stereocenters. The molecule has 1 amide bonds. The predicted molar refractivity (Wildman–Crippen MR) is 105 cm³/mol. The van der Waals surface area contributed by atoms with Crippen LogP contribution in [0.15, 0.2) is 48.8 Å². The lowest BCUT2D eigenvalue weighted by atomic mass is 9.98. The second-order valence-electron chi connectivity index (χ2n) is 7.02. The van der Waals surface area contributed by atoms with E-state index < -0.39 is 5.63 Å². The zero-order valence-electron chi connectivity index (χ0n) is 16.0. The van der Waals surface area contributed by atoms with Gasteiger partial charge >= 0.3 is 5.63 Å². The van der Waals surface area contributed by atoms with Gasteiger partial charge in [0.2, 0.25) is 5.91 Å². The number of benzene rings is 1. The highest BCUT2D eigenvalue weighted by atomic mass is 16.4. The van der Waals surface area contributed by atoms with E-state index in [1.807, 2.05) is 26.8 Å². The third-order valence-corrected chi connectivity index (χ3v) is 5.18. The number of carbonyl (C=O) groups excluding carboxylic acids is 1. The summed E-state index contributed by atoms with van der Waals surface area (Å²) in [6.07, 6.45) is 3.78. The molecular weight excluding hydrogens is 358 g/mol. The third kappa shape index (κ3) is 3.11. The fourth-order valence-corrected chi connectivity index (χ4v) is 3.53. The van der Waals surface area contributed by atoms with Gasteiger partial charge in [-0.05, 0) is 56.5 Å². The number of hydrogen-bond acceptors (Lipinski definition) is 5. The maximum absolute atomic E-state index is 12.6. The number of nitrogens with one attached hydrogen (secondary N) is 1. The fraction of sp³-hybridized carbons (Fsp3) is 0.273. The average molecular weight is 379 g/mol. The maximum Gasteiger partial charge on any atom is 0.339 e. The first-order valence-electron chi connectivity index (χ1n) is 9.18. The molecular formula is C22H21NO5. The van der Waals surface area contributed by atoms with Crippen LogP contribution in [0.1, 0.15) is 34.4 Å². The summed E-state index contributed by atoms with van der Waals surface area (Å²) in [5, 5.41) is 4.67. The minimum Gasteiger partial charge on any atom is -0.467 e. The van der Waals surface area contributed by atoms with Crippen LogP contribution in [-0.4, -0.2) is 5.91 Å².